The summed E-state index contributed by atoms with van der Waals surface area (Å²) in [4.78, 5) is 70.6. The predicted octanol–water partition coefficient (Wildman–Crippen LogP) is 1.36. The lowest BCUT2D eigenvalue weighted by Crippen LogP contribution is -2.55. The molecule has 2 aliphatic rings. The third-order valence-corrected chi connectivity index (χ3v) is 9.23. The first-order valence-corrected chi connectivity index (χ1v) is 18.2. The standard InChI is InChI=1S/C40H48N10O5/c41-19-4-3-10-31-40(55)49-30(37(44)52)9-2-1-6-24-11-15-26(16-12-24)32-20-33(46-27-17-13-25(21-42)14-18-27)28-7-5-8-29(36(28)48-32)38(53)50-34(22-43)39(54)45-23-35(51)47-31/h1-2,5,7-8,11-18,20,30-31,34H,3-4,6,9-10,19,21-23,41-43H2,(H2,44,52)(H,45,54)(H,46,48)(H,47,51)(H,49,55)(H,50,53)/b2-1+/t30-,31+,34-/m0/s1. The van der Waals surface area contributed by atoms with Crippen molar-refractivity contribution in [2.75, 3.05) is 25.0 Å². The number of aromatic nitrogens is 1. The van der Waals surface area contributed by atoms with Gasteiger partial charge in [-0.3, -0.25) is 24.0 Å². The van der Waals surface area contributed by atoms with Crippen molar-refractivity contribution in [1.82, 2.24) is 26.3 Å². The summed E-state index contributed by atoms with van der Waals surface area (Å²) in [6, 6.07) is 19.3. The highest BCUT2D eigenvalue weighted by atomic mass is 16.2. The summed E-state index contributed by atoms with van der Waals surface area (Å²) in [5.41, 5.74) is 28.4. The van der Waals surface area contributed by atoms with Gasteiger partial charge >= 0.3 is 0 Å². The van der Waals surface area contributed by atoms with E-state index in [2.05, 4.69) is 26.6 Å². The number of carbonyl (C=O) groups excluding carboxylic acids is 5. The number of allylic oxidation sites excluding steroid dienone is 1. The molecule has 55 heavy (non-hydrogen) atoms. The number of hydrogen-bond donors (Lipinski definition) is 9. The van der Waals surface area contributed by atoms with Crippen molar-refractivity contribution in [3.05, 3.63) is 102 Å². The molecule has 3 heterocycles. The molecular weight excluding hydrogens is 701 g/mol. The van der Waals surface area contributed by atoms with Crippen LogP contribution in [0.4, 0.5) is 11.4 Å². The first-order chi connectivity index (χ1) is 26.6. The Kier molecular flexibility index (Phi) is 14.0. The molecule has 0 radical (unpaired) electrons. The number of amides is 5. The second-order valence-electron chi connectivity index (χ2n) is 13.2. The molecule has 3 aromatic carbocycles. The van der Waals surface area contributed by atoms with Crippen LogP contribution in [-0.4, -0.2) is 72.3 Å². The molecule has 0 unspecified atom stereocenters. The van der Waals surface area contributed by atoms with Gasteiger partial charge in [0.25, 0.3) is 5.91 Å². The minimum absolute atomic E-state index is 0.138. The van der Waals surface area contributed by atoms with Crippen LogP contribution in [0.15, 0.2) is 84.9 Å². The molecule has 4 aromatic rings. The number of nitrogens with two attached hydrogens (primary N) is 4. The summed E-state index contributed by atoms with van der Waals surface area (Å²) >= 11 is 0. The molecule has 2 aliphatic heterocycles. The van der Waals surface area contributed by atoms with Crippen LogP contribution >= 0.6 is 0 Å². The number of benzene rings is 3. The number of nitrogens with zero attached hydrogens (tertiary/aromatic N) is 1. The van der Waals surface area contributed by atoms with Gasteiger partial charge in [-0.1, -0.05) is 60.7 Å². The van der Waals surface area contributed by atoms with E-state index >= 15 is 0 Å². The second kappa shape index (κ2) is 19.3. The predicted molar refractivity (Wildman–Crippen MR) is 212 cm³/mol. The van der Waals surface area contributed by atoms with E-state index < -0.39 is 54.2 Å². The average molecular weight is 749 g/mol. The number of fused-ring (bicyclic) bond motifs is 16. The normalized spacial score (nSPS) is 19.1. The SMILES string of the molecule is NCCCC[C@H]1NC(=O)CNC(=O)[C@H](CN)NC(=O)c2cccc3c(Nc4ccc(CN)cc4)cc(nc23)-c2ccc(cc2)C/C=C/C[C@@H](C(N)=O)NC1=O. The molecule has 6 rings (SSSR count). The van der Waals surface area contributed by atoms with Gasteiger partial charge in [0.1, 0.15) is 18.1 Å². The summed E-state index contributed by atoms with van der Waals surface area (Å²) in [6.45, 7) is 0.0184. The van der Waals surface area contributed by atoms with Gasteiger partial charge in [0.05, 0.1) is 29.0 Å². The van der Waals surface area contributed by atoms with Crippen LogP contribution in [0.1, 0.15) is 47.2 Å². The highest BCUT2D eigenvalue weighted by molar-refractivity contribution is 6.10. The molecule has 0 saturated carbocycles. The first-order valence-electron chi connectivity index (χ1n) is 18.2. The first kappa shape index (κ1) is 40.0. The zero-order chi connectivity index (χ0) is 39.3. The van der Waals surface area contributed by atoms with Crippen LogP contribution in [0.3, 0.4) is 0 Å². The average Bonchev–Trinajstić information content (AvgIpc) is 3.19. The second-order valence-corrected chi connectivity index (χ2v) is 13.2. The number of nitrogens with one attached hydrogen (secondary N) is 5. The molecule has 3 atom stereocenters. The Morgan fingerprint density at radius 2 is 1.60 bits per heavy atom. The van der Waals surface area contributed by atoms with E-state index in [1.807, 2.05) is 66.7 Å². The fourth-order valence-corrected chi connectivity index (χ4v) is 6.11. The van der Waals surface area contributed by atoms with E-state index in [9.17, 15) is 24.0 Å². The van der Waals surface area contributed by atoms with Crippen LogP contribution in [0.2, 0.25) is 0 Å². The fourth-order valence-electron chi connectivity index (χ4n) is 6.11. The smallest absolute Gasteiger partial charge is 0.254 e. The Morgan fingerprint density at radius 1 is 0.836 bits per heavy atom. The molecule has 288 valence electrons. The molecule has 5 amide bonds. The third kappa shape index (κ3) is 10.7. The number of anilines is 2. The van der Waals surface area contributed by atoms with Crippen molar-refractivity contribution in [3.63, 3.8) is 0 Å². The molecule has 15 heteroatoms. The lowest BCUT2D eigenvalue weighted by molar-refractivity contribution is -0.132. The molecule has 15 nitrogen and oxygen atoms in total. The zero-order valence-corrected chi connectivity index (χ0v) is 30.5. The molecular formula is C40H48N10O5. The largest absolute Gasteiger partial charge is 0.368 e. The Labute approximate surface area is 319 Å². The minimum atomic E-state index is -1.21. The molecule has 4 bridgehead atoms. The van der Waals surface area contributed by atoms with Gasteiger partial charge in [-0.05, 0) is 74.0 Å². The maximum absolute atomic E-state index is 13.9. The van der Waals surface area contributed by atoms with Crippen LogP contribution < -0.4 is 49.5 Å². The quantitative estimate of drug-likeness (QED) is 0.0674. The van der Waals surface area contributed by atoms with Gasteiger partial charge in [0.2, 0.25) is 23.6 Å². The number of para-hydroxylation sites is 1. The Bertz CT molecular complexity index is 2030. The number of carbonyl (C=O) groups is 5. The van der Waals surface area contributed by atoms with E-state index in [1.54, 1.807) is 18.2 Å². The van der Waals surface area contributed by atoms with Crippen LogP contribution in [-0.2, 0) is 32.1 Å². The highest BCUT2D eigenvalue weighted by Gasteiger charge is 2.27. The van der Waals surface area contributed by atoms with Crippen LogP contribution in [0.5, 0.6) is 0 Å². The number of rotatable bonds is 9. The van der Waals surface area contributed by atoms with Gasteiger partial charge in [-0.2, -0.15) is 0 Å². The zero-order valence-electron chi connectivity index (χ0n) is 30.5. The van der Waals surface area contributed by atoms with Crippen molar-refractivity contribution in [2.45, 2.75) is 56.8 Å². The van der Waals surface area contributed by atoms with Gasteiger partial charge < -0.3 is 49.5 Å². The molecule has 0 fully saturated rings. The summed E-state index contributed by atoms with van der Waals surface area (Å²) in [7, 11) is 0. The Hall–Kier alpha value is -6.16. The van der Waals surface area contributed by atoms with E-state index in [1.165, 1.54) is 0 Å². The van der Waals surface area contributed by atoms with Gasteiger partial charge in [0, 0.05) is 29.7 Å². The number of hydrogen-bond acceptors (Lipinski definition) is 10. The lowest BCUT2D eigenvalue weighted by atomic mass is 10.0. The van der Waals surface area contributed by atoms with Gasteiger partial charge in [0.15, 0.2) is 0 Å². The maximum Gasteiger partial charge on any atom is 0.254 e. The number of unbranched alkanes of at least 4 members (excludes halogenated alkanes) is 1. The van der Waals surface area contributed by atoms with Crippen LogP contribution in [0.25, 0.3) is 22.2 Å². The number of pyridine rings is 1. The monoisotopic (exact) mass is 748 g/mol. The van der Waals surface area contributed by atoms with E-state index in [0.717, 1.165) is 22.4 Å². The molecule has 0 aliphatic carbocycles. The van der Waals surface area contributed by atoms with Crippen molar-refractivity contribution in [2.24, 2.45) is 22.9 Å². The lowest BCUT2D eigenvalue weighted by Gasteiger charge is -2.22. The molecule has 0 spiro atoms. The topological polar surface area (TPSA) is 262 Å². The van der Waals surface area contributed by atoms with E-state index in [4.69, 9.17) is 27.9 Å². The summed E-state index contributed by atoms with van der Waals surface area (Å²) < 4.78 is 0. The summed E-state index contributed by atoms with van der Waals surface area (Å²) in [6.07, 6.45) is 5.68. The van der Waals surface area contributed by atoms with Crippen molar-refractivity contribution >= 4 is 51.8 Å². The number of primary amides is 1. The molecule has 13 N–H and O–H groups in total. The molecule has 0 saturated heterocycles. The van der Waals surface area contributed by atoms with Gasteiger partial charge in [-0.25, -0.2) is 4.98 Å². The molecule has 1 aromatic heterocycles. The van der Waals surface area contributed by atoms with Crippen molar-refractivity contribution in [3.8, 4) is 11.3 Å². The van der Waals surface area contributed by atoms with Crippen LogP contribution in [0, 0.1) is 0 Å². The van der Waals surface area contributed by atoms with E-state index in [-0.39, 0.29) is 24.9 Å². The summed E-state index contributed by atoms with van der Waals surface area (Å²) in [5.74, 6) is -3.30. The highest BCUT2D eigenvalue weighted by Crippen LogP contribution is 2.32. The third-order valence-electron chi connectivity index (χ3n) is 9.23. The Balaban J connectivity index is 1.52. The maximum atomic E-state index is 13.9. The van der Waals surface area contributed by atoms with Crippen molar-refractivity contribution in [1.29, 1.82) is 0 Å². The van der Waals surface area contributed by atoms with Gasteiger partial charge in [-0.15, -0.1) is 0 Å². The van der Waals surface area contributed by atoms with E-state index in [0.29, 0.717) is 54.6 Å². The van der Waals surface area contributed by atoms with Crippen molar-refractivity contribution < 1.29 is 24.0 Å². The fraction of sp³-hybridized carbons (Fsp3) is 0.300. The Morgan fingerprint density at radius 3 is 2.29 bits per heavy atom. The summed E-state index contributed by atoms with van der Waals surface area (Å²) in [5, 5.41) is 14.6. The minimum Gasteiger partial charge on any atom is -0.368 e.